The van der Waals surface area contributed by atoms with Crippen molar-refractivity contribution < 1.29 is 40.1 Å². The summed E-state index contributed by atoms with van der Waals surface area (Å²) in [4.78, 5) is 11.2. The van der Waals surface area contributed by atoms with Crippen LogP contribution < -0.4 is 0 Å². The van der Waals surface area contributed by atoms with Crippen molar-refractivity contribution in [1.29, 1.82) is 0 Å². The van der Waals surface area contributed by atoms with Gasteiger partial charge in [-0.05, 0) is 12.1 Å². The fourth-order valence-corrected chi connectivity index (χ4v) is 1.64. The van der Waals surface area contributed by atoms with Crippen molar-refractivity contribution in [2.75, 3.05) is 6.61 Å². The summed E-state index contributed by atoms with van der Waals surface area (Å²) in [6.45, 7) is -2.08. The highest BCUT2D eigenvalue weighted by Crippen LogP contribution is 2.23. The molecular formula is C9H5BrF4O5S. The number of rotatable bonds is 4. The first-order valence-electron chi connectivity index (χ1n) is 4.62. The molecule has 0 aliphatic carbocycles. The van der Waals surface area contributed by atoms with E-state index in [1.165, 1.54) is 0 Å². The van der Waals surface area contributed by atoms with Gasteiger partial charge in [0, 0.05) is 4.47 Å². The molecule has 0 aromatic heterocycles. The van der Waals surface area contributed by atoms with Gasteiger partial charge in [-0.25, -0.2) is 13.6 Å². The van der Waals surface area contributed by atoms with Crippen molar-refractivity contribution in [2.45, 2.75) is 5.25 Å². The first-order valence-corrected chi connectivity index (χ1v) is 6.85. The van der Waals surface area contributed by atoms with Crippen LogP contribution in [0.1, 0.15) is 10.4 Å². The maximum Gasteiger partial charge on any atom is 0.402 e. The van der Waals surface area contributed by atoms with Crippen molar-refractivity contribution in [3.8, 4) is 0 Å². The Labute approximate surface area is 118 Å². The standard InChI is InChI=1S/C9H5BrF4O5S/c10-4-1-5(11)7(6(12)2-4)8(15)19-3-9(13,14)20(16,17)18/h1-2H,3H2,(H,16,17,18). The summed E-state index contributed by atoms with van der Waals surface area (Å²) < 4.78 is 84.5. The van der Waals surface area contributed by atoms with E-state index in [0.717, 1.165) is 0 Å². The quantitative estimate of drug-likeness (QED) is 0.492. The molecule has 5 nitrogen and oxygen atoms in total. The lowest BCUT2D eigenvalue weighted by atomic mass is 10.2. The van der Waals surface area contributed by atoms with Crippen LogP contribution in [0.15, 0.2) is 16.6 Å². The molecule has 0 amide bonds. The highest BCUT2D eigenvalue weighted by atomic mass is 79.9. The van der Waals surface area contributed by atoms with E-state index in [-0.39, 0.29) is 4.47 Å². The summed E-state index contributed by atoms with van der Waals surface area (Å²) in [5, 5.41) is -4.79. The van der Waals surface area contributed by atoms with Crippen molar-refractivity contribution in [3.63, 3.8) is 0 Å². The van der Waals surface area contributed by atoms with Crippen LogP contribution in [0.3, 0.4) is 0 Å². The van der Waals surface area contributed by atoms with E-state index < -0.39 is 45.1 Å². The Kier molecular flexibility index (Phi) is 4.77. The fraction of sp³-hybridized carbons (Fsp3) is 0.222. The van der Waals surface area contributed by atoms with E-state index in [9.17, 15) is 30.8 Å². The summed E-state index contributed by atoms with van der Waals surface area (Å²) in [5.41, 5.74) is -1.26. The monoisotopic (exact) mass is 380 g/mol. The molecule has 0 unspecified atom stereocenters. The third kappa shape index (κ3) is 3.67. The zero-order chi connectivity index (χ0) is 15.7. The maximum atomic E-state index is 13.3. The number of alkyl halides is 2. The zero-order valence-electron chi connectivity index (χ0n) is 9.24. The minimum Gasteiger partial charge on any atom is -0.454 e. The van der Waals surface area contributed by atoms with Gasteiger partial charge >= 0.3 is 21.3 Å². The van der Waals surface area contributed by atoms with Crippen LogP contribution in [0.25, 0.3) is 0 Å². The van der Waals surface area contributed by atoms with Gasteiger partial charge < -0.3 is 4.74 Å². The molecule has 0 saturated carbocycles. The van der Waals surface area contributed by atoms with Gasteiger partial charge in [0.15, 0.2) is 6.61 Å². The van der Waals surface area contributed by atoms with Crippen LogP contribution in [0, 0.1) is 11.6 Å². The third-order valence-electron chi connectivity index (χ3n) is 1.96. The Hall–Kier alpha value is -1.20. The number of hydrogen-bond acceptors (Lipinski definition) is 4. The Balaban J connectivity index is 2.95. The highest BCUT2D eigenvalue weighted by molar-refractivity contribution is 9.10. The number of ether oxygens (including phenoxy) is 1. The van der Waals surface area contributed by atoms with Crippen LogP contribution in [0.2, 0.25) is 0 Å². The van der Waals surface area contributed by atoms with Crippen LogP contribution in [0.5, 0.6) is 0 Å². The molecule has 1 N–H and O–H groups in total. The average molecular weight is 381 g/mol. The van der Waals surface area contributed by atoms with E-state index in [0.29, 0.717) is 12.1 Å². The third-order valence-corrected chi connectivity index (χ3v) is 3.29. The van der Waals surface area contributed by atoms with Gasteiger partial charge in [-0.2, -0.15) is 17.2 Å². The Morgan fingerprint density at radius 1 is 1.30 bits per heavy atom. The molecular weight excluding hydrogens is 376 g/mol. The van der Waals surface area contributed by atoms with E-state index in [2.05, 4.69) is 20.7 Å². The molecule has 0 bridgehead atoms. The molecule has 0 radical (unpaired) electrons. The van der Waals surface area contributed by atoms with Crippen LogP contribution in [0.4, 0.5) is 17.6 Å². The van der Waals surface area contributed by atoms with Gasteiger partial charge in [0.1, 0.15) is 17.2 Å². The second kappa shape index (κ2) is 5.66. The molecule has 112 valence electrons. The van der Waals surface area contributed by atoms with Crippen LogP contribution in [-0.4, -0.2) is 30.8 Å². The number of carbonyl (C=O) groups is 1. The van der Waals surface area contributed by atoms with E-state index in [1.54, 1.807) is 0 Å². The largest absolute Gasteiger partial charge is 0.454 e. The molecule has 20 heavy (non-hydrogen) atoms. The predicted molar refractivity (Wildman–Crippen MR) is 60.8 cm³/mol. The smallest absolute Gasteiger partial charge is 0.402 e. The second-order valence-corrected chi connectivity index (χ2v) is 5.90. The van der Waals surface area contributed by atoms with Crippen LogP contribution in [-0.2, 0) is 14.9 Å². The summed E-state index contributed by atoms with van der Waals surface area (Å²) in [6, 6.07) is 1.36. The lowest BCUT2D eigenvalue weighted by Gasteiger charge is -2.13. The molecule has 1 rings (SSSR count). The minimum absolute atomic E-state index is 0.0488. The molecule has 1 aromatic carbocycles. The van der Waals surface area contributed by atoms with E-state index in [4.69, 9.17) is 4.55 Å². The van der Waals surface area contributed by atoms with Crippen molar-refractivity contribution >= 4 is 32.0 Å². The van der Waals surface area contributed by atoms with Crippen molar-refractivity contribution in [2.24, 2.45) is 0 Å². The molecule has 0 spiro atoms. The van der Waals surface area contributed by atoms with Gasteiger partial charge in [-0.3, -0.25) is 4.55 Å². The number of esters is 1. The molecule has 0 heterocycles. The first kappa shape index (κ1) is 16.9. The molecule has 0 saturated heterocycles. The van der Waals surface area contributed by atoms with Gasteiger partial charge in [0.05, 0.1) is 0 Å². The maximum absolute atomic E-state index is 13.3. The van der Waals surface area contributed by atoms with Gasteiger partial charge in [0.25, 0.3) is 0 Å². The van der Waals surface area contributed by atoms with Gasteiger partial charge in [0.2, 0.25) is 0 Å². The molecule has 0 aliphatic heterocycles. The normalized spacial score (nSPS) is 12.3. The summed E-state index contributed by atoms with van der Waals surface area (Å²) in [5.74, 6) is -4.62. The average Bonchev–Trinajstić information content (AvgIpc) is 2.23. The highest BCUT2D eigenvalue weighted by Gasteiger charge is 2.45. The summed E-state index contributed by atoms with van der Waals surface area (Å²) in [6.07, 6.45) is 0. The number of hydrogen-bond donors (Lipinski definition) is 1. The first-order chi connectivity index (χ1) is 8.95. The zero-order valence-corrected chi connectivity index (χ0v) is 11.6. The number of benzene rings is 1. The van der Waals surface area contributed by atoms with Crippen molar-refractivity contribution in [1.82, 2.24) is 0 Å². The van der Waals surface area contributed by atoms with Crippen molar-refractivity contribution in [3.05, 3.63) is 33.8 Å². The van der Waals surface area contributed by atoms with E-state index >= 15 is 0 Å². The lowest BCUT2D eigenvalue weighted by molar-refractivity contribution is -0.0101. The molecule has 0 fully saturated rings. The second-order valence-electron chi connectivity index (χ2n) is 3.43. The van der Waals surface area contributed by atoms with E-state index in [1.807, 2.05) is 0 Å². The Morgan fingerprint density at radius 2 is 1.75 bits per heavy atom. The summed E-state index contributed by atoms with van der Waals surface area (Å²) >= 11 is 2.73. The minimum atomic E-state index is -5.81. The molecule has 1 aromatic rings. The van der Waals surface area contributed by atoms with Crippen LogP contribution >= 0.6 is 15.9 Å². The Bertz CT molecular complexity index is 623. The predicted octanol–water partition coefficient (Wildman–Crippen LogP) is 2.36. The molecule has 0 aliphatic rings. The van der Waals surface area contributed by atoms with Gasteiger partial charge in [-0.15, -0.1) is 0 Å². The fourth-order valence-electron chi connectivity index (χ4n) is 1.03. The lowest BCUT2D eigenvalue weighted by Crippen LogP contribution is -2.34. The number of carbonyl (C=O) groups excluding carboxylic acids is 1. The topological polar surface area (TPSA) is 80.7 Å². The summed E-state index contributed by atoms with van der Waals surface area (Å²) in [7, 11) is -5.81. The van der Waals surface area contributed by atoms with Gasteiger partial charge in [-0.1, -0.05) is 15.9 Å². The molecule has 0 atom stereocenters. The SMILES string of the molecule is O=C(OCC(F)(F)S(=O)(=O)O)c1c(F)cc(Br)cc1F. The molecule has 11 heteroatoms. The number of halogens is 5. The Morgan fingerprint density at radius 3 is 2.15 bits per heavy atom.